The molecule has 0 unspecified atom stereocenters. The van der Waals surface area contributed by atoms with Gasteiger partial charge >= 0.3 is 0 Å². The molecule has 1 aromatic carbocycles. The van der Waals surface area contributed by atoms with Gasteiger partial charge in [0.25, 0.3) is 5.91 Å². The van der Waals surface area contributed by atoms with Crippen LogP contribution in [0.1, 0.15) is 36.5 Å². The lowest BCUT2D eigenvalue weighted by Crippen LogP contribution is -2.30. The zero-order valence-corrected chi connectivity index (χ0v) is 15.9. The summed E-state index contributed by atoms with van der Waals surface area (Å²) in [4.78, 5) is 24.0. The number of unbranched alkanes of at least 4 members (excludes halogenated alkanes) is 2. The van der Waals surface area contributed by atoms with Crippen molar-refractivity contribution in [2.45, 2.75) is 26.2 Å². The number of amides is 2. The number of nitrogens with one attached hydrogen (secondary N) is 2. The second-order valence-electron chi connectivity index (χ2n) is 5.44. The highest BCUT2D eigenvalue weighted by Crippen LogP contribution is 2.15. The van der Waals surface area contributed by atoms with Gasteiger partial charge in [-0.15, -0.1) is 12.4 Å². The monoisotopic (exact) mass is 391 g/mol. The Labute approximate surface area is 155 Å². The summed E-state index contributed by atoms with van der Waals surface area (Å²) in [5, 5.41) is 5.12. The molecular formula is C16H26ClN3O4S. The predicted octanol–water partition coefficient (Wildman–Crippen LogP) is 1.34. The number of hydrogen-bond acceptors (Lipinski definition) is 5. The average molecular weight is 392 g/mol. The number of rotatable bonds is 10. The van der Waals surface area contributed by atoms with Crippen molar-refractivity contribution in [3.05, 3.63) is 29.8 Å². The van der Waals surface area contributed by atoms with Crippen LogP contribution in [0.2, 0.25) is 0 Å². The molecule has 0 fully saturated rings. The summed E-state index contributed by atoms with van der Waals surface area (Å²) in [5.74, 6) is -1.62. The highest BCUT2D eigenvalue weighted by atomic mass is 35.5. The minimum Gasteiger partial charge on any atom is -0.351 e. The van der Waals surface area contributed by atoms with Gasteiger partial charge in [-0.1, -0.05) is 31.9 Å². The van der Waals surface area contributed by atoms with Crippen molar-refractivity contribution in [3.8, 4) is 0 Å². The zero-order valence-electron chi connectivity index (χ0n) is 14.3. The highest BCUT2D eigenvalue weighted by molar-refractivity contribution is 7.92. The van der Waals surface area contributed by atoms with Crippen molar-refractivity contribution < 1.29 is 18.0 Å². The zero-order chi connectivity index (χ0) is 18.0. The maximum absolute atomic E-state index is 12.0. The second kappa shape index (κ2) is 11.8. The fourth-order valence-electron chi connectivity index (χ4n) is 2.10. The SMILES string of the molecule is CCCCCS(=O)(=O)CC(=O)Nc1ccccc1C(=O)NCCN.Cl. The van der Waals surface area contributed by atoms with E-state index in [1.807, 2.05) is 6.92 Å². The Morgan fingerprint density at radius 3 is 2.48 bits per heavy atom. The van der Waals surface area contributed by atoms with Crippen molar-refractivity contribution in [3.63, 3.8) is 0 Å². The van der Waals surface area contributed by atoms with Crippen molar-refractivity contribution in [2.75, 3.05) is 29.9 Å². The molecule has 2 amide bonds. The van der Waals surface area contributed by atoms with E-state index in [4.69, 9.17) is 5.73 Å². The van der Waals surface area contributed by atoms with E-state index in [-0.39, 0.29) is 35.3 Å². The van der Waals surface area contributed by atoms with Crippen LogP contribution >= 0.6 is 12.4 Å². The molecule has 0 aliphatic rings. The summed E-state index contributed by atoms with van der Waals surface area (Å²) in [6.45, 7) is 2.59. The fraction of sp³-hybridized carbons (Fsp3) is 0.500. The van der Waals surface area contributed by atoms with Gasteiger partial charge in [0.2, 0.25) is 5.91 Å². The molecule has 0 radical (unpaired) electrons. The van der Waals surface area contributed by atoms with Gasteiger partial charge in [0.15, 0.2) is 9.84 Å². The summed E-state index contributed by atoms with van der Waals surface area (Å²) < 4.78 is 23.8. The largest absolute Gasteiger partial charge is 0.351 e. The molecule has 142 valence electrons. The summed E-state index contributed by atoms with van der Waals surface area (Å²) in [6.07, 6.45) is 2.27. The number of anilines is 1. The number of hydrogen-bond donors (Lipinski definition) is 3. The summed E-state index contributed by atoms with van der Waals surface area (Å²) in [5.41, 5.74) is 5.89. The van der Waals surface area contributed by atoms with Crippen molar-refractivity contribution in [1.82, 2.24) is 5.32 Å². The van der Waals surface area contributed by atoms with Gasteiger partial charge in [-0.3, -0.25) is 9.59 Å². The maximum atomic E-state index is 12.0. The van der Waals surface area contributed by atoms with Gasteiger partial charge < -0.3 is 16.4 Å². The van der Waals surface area contributed by atoms with E-state index in [0.29, 0.717) is 19.5 Å². The first-order valence-corrected chi connectivity index (χ1v) is 9.79. The molecule has 9 heteroatoms. The van der Waals surface area contributed by atoms with Crippen LogP contribution in [0.5, 0.6) is 0 Å². The summed E-state index contributed by atoms with van der Waals surface area (Å²) in [7, 11) is -3.45. The second-order valence-corrected chi connectivity index (χ2v) is 7.62. The maximum Gasteiger partial charge on any atom is 0.253 e. The van der Waals surface area contributed by atoms with E-state index in [1.54, 1.807) is 24.3 Å². The number of halogens is 1. The minimum absolute atomic E-state index is 0. The molecule has 0 bridgehead atoms. The van der Waals surface area contributed by atoms with Gasteiger partial charge in [-0.2, -0.15) is 0 Å². The Morgan fingerprint density at radius 1 is 1.16 bits per heavy atom. The van der Waals surface area contributed by atoms with Crippen LogP contribution in [0.3, 0.4) is 0 Å². The van der Waals surface area contributed by atoms with Crippen molar-refractivity contribution in [1.29, 1.82) is 0 Å². The molecule has 0 aliphatic heterocycles. The molecule has 0 atom stereocenters. The van der Waals surface area contributed by atoms with Crippen molar-refractivity contribution in [2.24, 2.45) is 5.73 Å². The van der Waals surface area contributed by atoms with Crippen LogP contribution < -0.4 is 16.4 Å². The highest BCUT2D eigenvalue weighted by Gasteiger charge is 2.18. The first-order chi connectivity index (χ1) is 11.4. The average Bonchev–Trinajstić information content (AvgIpc) is 2.52. The van der Waals surface area contributed by atoms with Gasteiger partial charge in [0, 0.05) is 13.1 Å². The minimum atomic E-state index is -3.45. The number of sulfone groups is 1. The number of benzene rings is 1. The molecule has 1 aromatic rings. The molecule has 0 aliphatic carbocycles. The summed E-state index contributed by atoms with van der Waals surface area (Å²) in [6, 6.07) is 6.43. The topological polar surface area (TPSA) is 118 Å². The molecule has 25 heavy (non-hydrogen) atoms. The molecule has 0 saturated carbocycles. The first-order valence-electron chi connectivity index (χ1n) is 7.97. The van der Waals surface area contributed by atoms with Gasteiger partial charge in [-0.25, -0.2) is 8.42 Å². The van der Waals surface area contributed by atoms with E-state index < -0.39 is 21.5 Å². The lowest BCUT2D eigenvalue weighted by atomic mass is 10.1. The number of carbonyl (C=O) groups excluding carboxylic acids is 2. The predicted molar refractivity (Wildman–Crippen MR) is 102 cm³/mol. The van der Waals surface area contributed by atoms with E-state index in [0.717, 1.165) is 12.8 Å². The van der Waals surface area contributed by atoms with Crippen LogP contribution in [0.25, 0.3) is 0 Å². The van der Waals surface area contributed by atoms with E-state index in [2.05, 4.69) is 10.6 Å². The molecule has 0 aromatic heterocycles. The first kappa shape index (κ1) is 23.4. The third-order valence-corrected chi connectivity index (χ3v) is 4.90. The Morgan fingerprint density at radius 2 is 1.84 bits per heavy atom. The van der Waals surface area contributed by atoms with E-state index >= 15 is 0 Å². The molecule has 0 spiro atoms. The number of carbonyl (C=O) groups is 2. The smallest absolute Gasteiger partial charge is 0.253 e. The molecule has 0 saturated heterocycles. The van der Waals surface area contributed by atoms with Gasteiger partial charge in [0.1, 0.15) is 5.75 Å². The third-order valence-electron chi connectivity index (χ3n) is 3.29. The van der Waals surface area contributed by atoms with Crippen LogP contribution in [-0.2, 0) is 14.6 Å². The van der Waals surface area contributed by atoms with Crippen molar-refractivity contribution >= 4 is 39.7 Å². The van der Waals surface area contributed by atoms with Gasteiger partial charge in [-0.05, 0) is 18.6 Å². The molecule has 0 heterocycles. The third kappa shape index (κ3) is 8.85. The van der Waals surface area contributed by atoms with Crippen LogP contribution in [-0.4, -0.2) is 44.8 Å². The van der Waals surface area contributed by atoms with Crippen LogP contribution in [0, 0.1) is 0 Å². The quantitative estimate of drug-likeness (QED) is 0.520. The molecule has 7 nitrogen and oxygen atoms in total. The van der Waals surface area contributed by atoms with Crippen LogP contribution in [0.4, 0.5) is 5.69 Å². The Hall–Kier alpha value is -1.64. The molecular weight excluding hydrogens is 366 g/mol. The molecule has 1 rings (SSSR count). The lowest BCUT2D eigenvalue weighted by Gasteiger charge is -2.11. The number of nitrogens with two attached hydrogens (primary N) is 1. The standard InChI is InChI=1S/C16H25N3O4S.ClH/c1-2-3-6-11-24(22,23)12-15(20)19-14-8-5-4-7-13(14)16(21)18-10-9-17;/h4-5,7-8H,2-3,6,9-12,17H2,1H3,(H,18,21)(H,19,20);1H. The summed E-state index contributed by atoms with van der Waals surface area (Å²) >= 11 is 0. The lowest BCUT2D eigenvalue weighted by molar-refractivity contribution is -0.113. The van der Waals surface area contributed by atoms with Gasteiger partial charge in [0.05, 0.1) is 17.0 Å². The normalized spacial score (nSPS) is 10.6. The van der Waals surface area contributed by atoms with E-state index in [9.17, 15) is 18.0 Å². The Bertz CT molecular complexity index is 665. The Balaban J connectivity index is 0.00000576. The molecule has 4 N–H and O–H groups in total. The Kier molecular flexibility index (Phi) is 11.1. The fourth-order valence-corrected chi connectivity index (χ4v) is 3.36. The van der Waals surface area contributed by atoms with Crippen LogP contribution in [0.15, 0.2) is 24.3 Å². The number of para-hydroxylation sites is 1. The van der Waals surface area contributed by atoms with E-state index in [1.165, 1.54) is 0 Å².